The summed E-state index contributed by atoms with van der Waals surface area (Å²) in [6.07, 6.45) is -0.351. The molecule has 0 amide bonds. The quantitative estimate of drug-likeness (QED) is 0.305. The van der Waals surface area contributed by atoms with Crippen LogP contribution in [0.25, 0.3) is 27.8 Å². The summed E-state index contributed by atoms with van der Waals surface area (Å²) < 4.78 is 48.6. The van der Waals surface area contributed by atoms with Gasteiger partial charge in [-0.15, -0.1) is 13.2 Å². The zero-order chi connectivity index (χ0) is 23.9. The summed E-state index contributed by atoms with van der Waals surface area (Å²) in [6, 6.07) is 17.6. The predicted octanol–water partition coefficient (Wildman–Crippen LogP) is 6.36. The standard InChI is InChI=1S/C26H20F3N3O2/c1-16-24(31-22-6-4-3-5-21(22)25(16)33-2)18-9-12-23-30-19(15-32(23)14-18)13-17-7-10-20(11-8-17)34-26(27,28)29/h3-12,14-15H,13H2,1-2H3. The third kappa shape index (κ3) is 4.26. The molecule has 8 heteroatoms. The van der Waals surface area contributed by atoms with Gasteiger partial charge in [-0.3, -0.25) is 0 Å². The van der Waals surface area contributed by atoms with Gasteiger partial charge in [-0.25, -0.2) is 9.97 Å². The Hall–Kier alpha value is -4.07. The molecule has 2 aromatic carbocycles. The first-order valence-electron chi connectivity index (χ1n) is 10.6. The number of hydrogen-bond acceptors (Lipinski definition) is 4. The zero-order valence-electron chi connectivity index (χ0n) is 18.4. The Balaban J connectivity index is 1.45. The Kier molecular flexibility index (Phi) is 5.36. The summed E-state index contributed by atoms with van der Waals surface area (Å²) in [5.74, 6) is 0.551. The molecule has 0 N–H and O–H groups in total. The molecule has 0 radical (unpaired) electrons. The highest BCUT2D eigenvalue weighted by atomic mass is 19.4. The number of methoxy groups -OCH3 is 1. The van der Waals surface area contributed by atoms with Crippen molar-refractivity contribution in [3.63, 3.8) is 0 Å². The van der Waals surface area contributed by atoms with Gasteiger partial charge in [-0.05, 0) is 48.9 Å². The third-order valence-corrected chi connectivity index (χ3v) is 5.60. The topological polar surface area (TPSA) is 48.7 Å². The molecule has 0 fully saturated rings. The number of imidazole rings is 1. The highest BCUT2D eigenvalue weighted by Crippen LogP contribution is 2.35. The van der Waals surface area contributed by atoms with Crippen LogP contribution in [0, 0.1) is 6.92 Å². The van der Waals surface area contributed by atoms with Crippen molar-refractivity contribution in [2.45, 2.75) is 19.7 Å². The maximum Gasteiger partial charge on any atom is 0.573 e. The number of fused-ring (bicyclic) bond motifs is 2. The summed E-state index contributed by atoms with van der Waals surface area (Å²) in [5.41, 5.74) is 5.93. The molecular formula is C26H20F3N3O2. The Bertz CT molecular complexity index is 1490. The van der Waals surface area contributed by atoms with E-state index in [9.17, 15) is 13.2 Å². The smallest absolute Gasteiger partial charge is 0.496 e. The second kappa shape index (κ2) is 8.37. The summed E-state index contributed by atoms with van der Waals surface area (Å²) >= 11 is 0. The first-order valence-corrected chi connectivity index (χ1v) is 10.6. The minimum atomic E-state index is -4.71. The van der Waals surface area contributed by atoms with Crippen LogP contribution in [0.4, 0.5) is 13.2 Å². The fraction of sp³-hybridized carbons (Fsp3) is 0.154. The number of hydrogen-bond donors (Lipinski definition) is 0. The van der Waals surface area contributed by atoms with Crippen molar-refractivity contribution in [1.82, 2.24) is 14.4 Å². The zero-order valence-corrected chi connectivity index (χ0v) is 18.4. The van der Waals surface area contributed by atoms with Crippen LogP contribution >= 0.6 is 0 Å². The van der Waals surface area contributed by atoms with Crippen LogP contribution in [-0.2, 0) is 6.42 Å². The lowest BCUT2D eigenvalue weighted by Gasteiger charge is -2.13. The Labute approximate surface area is 193 Å². The molecule has 5 aromatic rings. The van der Waals surface area contributed by atoms with Crippen LogP contribution in [0.1, 0.15) is 16.8 Å². The molecule has 0 unspecified atom stereocenters. The molecular weight excluding hydrogens is 443 g/mol. The van der Waals surface area contributed by atoms with Crippen LogP contribution < -0.4 is 9.47 Å². The molecule has 3 heterocycles. The van der Waals surface area contributed by atoms with Crippen molar-refractivity contribution in [2.24, 2.45) is 0 Å². The summed E-state index contributed by atoms with van der Waals surface area (Å²) in [7, 11) is 1.66. The van der Waals surface area contributed by atoms with Crippen molar-refractivity contribution in [3.8, 4) is 22.8 Å². The second-order valence-electron chi connectivity index (χ2n) is 7.92. The molecule has 0 aliphatic heterocycles. The van der Waals surface area contributed by atoms with Gasteiger partial charge < -0.3 is 13.9 Å². The summed E-state index contributed by atoms with van der Waals surface area (Å²) in [4.78, 5) is 9.50. The molecule has 5 rings (SSSR count). The van der Waals surface area contributed by atoms with E-state index in [4.69, 9.17) is 9.72 Å². The predicted molar refractivity (Wildman–Crippen MR) is 123 cm³/mol. The number of pyridine rings is 2. The highest BCUT2D eigenvalue weighted by molar-refractivity contribution is 5.90. The van der Waals surface area contributed by atoms with Gasteiger partial charge in [0.25, 0.3) is 0 Å². The van der Waals surface area contributed by atoms with Gasteiger partial charge in [-0.1, -0.05) is 24.3 Å². The second-order valence-corrected chi connectivity index (χ2v) is 7.92. The van der Waals surface area contributed by atoms with E-state index in [2.05, 4.69) is 9.72 Å². The molecule has 172 valence electrons. The lowest BCUT2D eigenvalue weighted by Crippen LogP contribution is -2.17. The van der Waals surface area contributed by atoms with Gasteiger partial charge in [0.15, 0.2) is 0 Å². The van der Waals surface area contributed by atoms with Gasteiger partial charge in [0, 0.05) is 35.3 Å². The molecule has 3 aromatic heterocycles. The van der Waals surface area contributed by atoms with E-state index in [0.717, 1.165) is 50.4 Å². The summed E-state index contributed by atoms with van der Waals surface area (Å²) in [6.45, 7) is 1.99. The summed E-state index contributed by atoms with van der Waals surface area (Å²) in [5, 5.41) is 0.962. The Morgan fingerprint density at radius 1 is 0.912 bits per heavy atom. The number of rotatable bonds is 5. The van der Waals surface area contributed by atoms with E-state index in [1.54, 1.807) is 19.2 Å². The number of alkyl halides is 3. The Morgan fingerprint density at radius 2 is 1.68 bits per heavy atom. The van der Waals surface area contributed by atoms with Crippen LogP contribution in [-0.4, -0.2) is 27.8 Å². The van der Waals surface area contributed by atoms with Crippen LogP contribution in [0.15, 0.2) is 73.1 Å². The normalized spacial score (nSPS) is 11.8. The van der Waals surface area contributed by atoms with E-state index >= 15 is 0 Å². The minimum absolute atomic E-state index is 0.246. The molecule has 0 spiro atoms. The largest absolute Gasteiger partial charge is 0.573 e. The number of nitrogens with zero attached hydrogens (tertiary/aromatic N) is 3. The first-order chi connectivity index (χ1) is 16.3. The van der Waals surface area contributed by atoms with E-state index in [0.29, 0.717) is 6.42 Å². The van der Waals surface area contributed by atoms with E-state index < -0.39 is 6.36 Å². The number of benzene rings is 2. The van der Waals surface area contributed by atoms with Gasteiger partial charge in [-0.2, -0.15) is 0 Å². The molecule has 0 saturated heterocycles. The van der Waals surface area contributed by atoms with Crippen molar-refractivity contribution >= 4 is 16.6 Å². The lowest BCUT2D eigenvalue weighted by atomic mass is 10.0. The van der Waals surface area contributed by atoms with Gasteiger partial charge in [0.2, 0.25) is 0 Å². The van der Waals surface area contributed by atoms with E-state index in [1.807, 2.05) is 60.1 Å². The molecule has 0 atom stereocenters. The molecule has 5 nitrogen and oxygen atoms in total. The maximum absolute atomic E-state index is 12.4. The molecule has 0 saturated carbocycles. The maximum atomic E-state index is 12.4. The average Bonchev–Trinajstić information content (AvgIpc) is 3.20. The first kappa shape index (κ1) is 21.8. The van der Waals surface area contributed by atoms with E-state index in [-0.39, 0.29) is 5.75 Å². The third-order valence-electron chi connectivity index (χ3n) is 5.60. The Morgan fingerprint density at radius 3 is 2.41 bits per heavy atom. The van der Waals surface area contributed by atoms with Crippen molar-refractivity contribution in [1.29, 1.82) is 0 Å². The van der Waals surface area contributed by atoms with Crippen molar-refractivity contribution in [2.75, 3.05) is 7.11 Å². The number of ether oxygens (including phenoxy) is 2. The van der Waals surface area contributed by atoms with Gasteiger partial charge in [0.05, 0.1) is 24.0 Å². The molecule has 0 bridgehead atoms. The monoisotopic (exact) mass is 463 g/mol. The van der Waals surface area contributed by atoms with Crippen molar-refractivity contribution in [3.05, 3.63) is 89.9 Å². The number of halogens is 3. The van der Waals surface area contributed by atoms with Crippen LogP contribution in [0.2, 0.25) is 0 Å². The fourth-order valence-electron chi connectivity index (χ4n) is 4.11. The van der Waals surface area contributed by atoms with Crippen LogP contribution in [0.5, 0.6) is 11.5 Å². The van der Waals surface area contributed by atoms with Gasteiger partial charge >= 0.3 is 6.36 Å². The SMILES string of the molecule is COc1c(C)c(-c2ccc3nc(Cc4ccc(OC(F)(F)F)cc4)cn3c2)nc2ccccc12. The van der Waals surface area contributed by atoms with E-state index in [1.165, 1.54) is 12.1 Å². The minimum Gasteiger partial charge on any atom is -0.496 e. The molecule has 0 aliphatic carbocycles. The fourth-order valence-corrected chi connectivity index (χ4v) is 4.11. The number of aromatic nitrogens is 3. The van der Waals surface area contributed by atoms with Gasteiger partial charge in [0.1, 0.15) is 17.1 Å². The van der Waals surface area contributed by atoms with Crippen molar-refractivity contribution < 1.29 is 22.6 Å². The molecule has 0 aliphatic rings. The number of para-hydroxylation sites is 1. The highest BCUT2D eigenvalue weighted by Gasteiger charge is 2.30. The lowest BCUT2D eigenvalue weighted by molar-refractivity contribution is -0.274. The van der Waals surface area contributed by atoms with Crippen LogP contribution in [0.3, 0.4) is 0 Å². The average molecular weight is 463 g/mol. The molecule has 34 heavy (non-hydrogen) atoms.